The summed E-state index contributed by atoms with van der Waals surface area (Å²) in [7, 11) is 0. The number of nitrogens with zero attached hydrogens (tertiary/aromatic N) is 4. The van der Waals surface area contributed by atoms with Gasteiger partial charge in [-0.2, -0.15) is 4.98 Å². The Kier molecular flexibility index (Phi) is 4.76. The fourth-order valence-electron chi connectivity index (χ4n) is 2.30. The smallest absolute Gasteiger partial charge is 0.239 e. The van der Waals surface area contributed by atoms with E-state index in [9.17, 15) is 0 Å². The first-order valence-electron chi connectivity index (χ1n) is 8.07. The van der Waals surface area contributed by atoms with E-state index in [0.29, 0.717) is 5.89 Å². The first kappa shape index (κ1) is 16.8. The first-order chi connectivity index (χ1) is 11.5. The lowest BCUT2D eigenvalue weighted by Crippen LogP contribution is -1.99. The molecular formula is C18H22N4OS. The molecule has 0 amide bonds. The van der Waals surface area contributed by atoms with E-state index in [1.54, 1.807) is 11.8 Å². The third-order valence-electron chi connectivity index (χ3n) is 3.98. The highest BCUT2D eigenvalue weighted by molar-refractivity contribution is 7.99. The van der Waals surface area contributed by atoms with Gasteiger partial charge in [0.1, 0.15) is 0 Å². The second-order valence-corrected chi connectivity index (χ2v) is 7.56. The van der Waals surface area contributed by atoms with E-state index in [0.717, 1.165) is 16.7 Å². The van der Waals surface area contributed by atoms with E-state index in [1.807, 2.05) is 12.4 Å². The predicted octanol–water partition coefficient (Wildman–Crippen LogP) is 4.85. The van der Waals surface area contributed by atoms with Gasteiger partial charge in [0.15, 0.2) is 11.0 Å². The molecular weight excluding hydrogens is 320 g/mol. The number of imidazole rings is 1. The van der Waals surface area contributed by atoms with Crippen LogP contribution in [-0.2, 0) is 0 Å². The van der Waals surface area contributed by atoms with Crippen molar-refractivity contribution in [3.8, 4) is 5.69 Å². The lowest BCUT2D eigenvalue weighted by Gasteiger charge is -2.11. The van der Waals surface area contributed by atoms with Gasteiger partial charge in [-0.05, 0) is 44.0 Å². The van der Waals surface area contributed by atoms with E-state index < -0.39 is 0 Å². The fourth-order valence-corrected chi connectivity index (χ4v) is 3.22. The van der Waals surface area contributed by atoms with E-state index in [1.165, 1.54) is 11.1 Å². The largest absolute Gasteiger partial charge is 0.338 e. The van der Waals surface area contributed by atoms with Gasteiger partial charge in [0.25, 0.3) is 0 Å². The maximum Gasteiger partial charge on any atom is 0.239 e. The van der Waals surface area contributed by atoms with Crippen molar-refractivity contribution in [1.82, 2.24) is 19.7 Å². The average molecular weight is 342 g/mol. The summed E-state index contributed by atoms with van der Waals surface area (Å²) < 4.78 is 7.49. The molecule has 3 rings (SSSR count). The highest BCUT2D eigenvalue weighted by atomic mass is 32.2. The van der Waals surface area contributed by atoms with Crippen molar-refractivity contribution >= 4 is 11.8 Å². The third kappa shape index (κ3) is 3.38. The number of hydrogen-bond donors (Lipinski definition) is 0. The van der Waals surface area contributed by atoms with Crippen molar-refractivity contribution < 1.29 is 4.52 Å². The SMILES string of the molecule is Cc1ccc(-n2ccnc2S[C@@H](C)c2nc(C(C)C)no2)cc1C. The molecule has 0 aliphatic carbocycles. The van der Waals surface area contributed by atoms with E-state index >= 15 is 0 Å². The maximum absolute atomic E-state index is 5.40. The maximum atomic E-state index is 5.40. The van der Waals surface area contributed by atoms with E-state index in [4.69, 9.17) is 4.52 Å². The van der Waals surface area contributed by atoms with Crippen molar-refractivity contribution in [2.45, 2.75) is 50.9 Å². The molecule has 0 N–H and O–H groups in total. The Morgan fingerprint density at radius 3 is 2.58 bits per heavy atom. The minimum atomic E-state index is 0.0395. The molecule has 0 radical (unpaired) electrons. The van der Waals surface area contributed by atoms with Gasteiger partial charge in [-0.3, -0.25) is 4.57 Å². The summed E-state index contributed by atoms with van der Waals surface area (Å²) >= 11 is 1.62. The van der Waals surface area contributed by atoms with Crippen molar-refractivity contribution in [3.63, 3.8) is 0 Å². The molecule has 0 fully saturated rings. The second-order valence-electron chi connectivity index (χ2n) is 6.25. The molecule has 0 bridgehead atoms. The lowest BCUT2D eigenvalue weighted by molar-refractivity contribution is 0.373. The topological polar surface area (TPSA) is 56.7 Å². The normalized spacial score (nSPS) is 12.8. The van der Waals surface area contributed by atoms with Crippen LogP contribution >= 0.6 is 11.8 Å². The average Bonchev–Trinajstić information content (AvgIpc) is 3.19. The van der Waals surface area contributed by atoms with Crippen molar-refractivity contribution in [2.75, 3.05) is 0 Å². The molecule has 3 aromatic rings. The van der Waals surface area contributed by atoms with Crippen LogP contribution in [0.2, 0.25) is 0 Å². The molecule has 0 unspecified atom stereocenters. The molecule has 5 nitrogen and oxygen atoms in total. The molecule has 1 aromatic carbocycles. The van der Waals surface area contributed by atoms with Gasteiger partial charge in [-0.1, -0.05) is 36.8 Å². The van der Waals surface area contributed by atoms with Crippen LogP contribution in [0.1, 0.15) is 54.8 Å². The lowest BCUT2D eigenvalue weighted by atomic mass is 10.1. The van der Waals surface area contributed by atoms with Crippen LogP contribution in [0, 0.1) is 13.8 Å². The molecule has 0 spiro atoms. The van der Waals surface area contributed by atoms with Crippen LogP contribution in [0.4, 0.5) is 0 Å². The highest BCUT2D eigenvalue weighted by Gasteiger charge is 2.19. The molecule has 0 aliphatic heterocycles. The van der Waals surface area contributed by atoms with E-state index in [2.05, 4.69) is 72.5 Å². The quantitative estimate of drug-likeness (QED) is 0.620. The van der Waals surface area contributed by atoms with Crippen LogP contribution < -0.4 is 0 Å². The highest BCUT2D eigenvalue weighted by Crippen LogP contribution is 2.34. The van der Waals surface area contributed by atoms with Crippen LogP contribution in [0.25, 0.3) is 5.69 Å². The summed E-state index contributed by atoms with van der Waals surface area (Å²) in [6.07, 6.45) is 3.80. The summed E-state index contributed by atoms with van der Waals surface area (Å²) in [5.41, 5.74) is 3.66. The Bertz CT molecular complexity index is 837. The number of aromatic nitrogens is 4. The third-order valence-corrected chi connectivity index (χ3v) is 5.05. The Labute approximate surface area is 146 Å². The van der Waals surface area contributed by atoms with Crippen molar-refractivity contribution in [1.29, 1.82) is 0 Å². The summed E-state index contributed by atoms with van der Waals surface area (Å²) in [5, 5.41) is 4.99. The first-order valence-corrected chi connectivity index (χ1v) is 8.94. The minimum Gasteiger partial charge on any atom is -0.338 e. The number of benzene rings is 1. The monoisotopic (exact) mass is 342 g/mol. The zero-order valence-corrected chi connectivity index (χ0v) is 15.5. The molecule has 2 aromatic heterocycles. The summed E-state index contributed by atoms with van der Waals surface area (Å²) in [6, 6.07) is 6.42. The zero-order valence-electron chi connectivity index (χ0n) is 14.6. The fraction of sp³-hybridized carbons (Fsp3) is 0.389. The van der Waals surface area contributed by atoms with Crippen LogP contribution in [0.5, 0.6) is 0 Å². The van der Waals surface area contributed by atoms with Crippen molar-refractivity contribution in [3.05, 3.63) is 53.4 Å². The number of thioether (sulfide) groups is 1. The Morgan fingerprint density at radius 1 is 1.12 bits per heavy atom. The Morgan fingerprint density at radius 2 is 1.92 bits per heavy atom. The molecule has 6 heteroatoms. The Balaban J connectivity index is 1.83. The predicted molar refractivity (Wildman–Crippen MR) is 95.7 cm³/mol. The molecule has 0 aliphatic rings. The van der Waals surface area contributed by atoms with Gasteiger partial charge in [-0.25, -0.2) is 4.98 Å². The van der Waals surface area contributed by atoms with Crippen molar-refractivity contribution in [2.24, 2.45) is 0 Å². The van der Waals surface area contributed by atoms with Gasteiger partial charge >= 0.3 is 0 Å². The zero-order chi connectivity index (χ0) is 17.3. The molecule has 126 valence electrons. The summed E-state index contributed by atoms with van der Waals surface area (Å²) in [4.78, 5) is 8.97. The molecule has 0 saturated heterocycles. The number of aryl methyl sites for hydroxylation is 2. The van der Waals surface area contributed by atoms with Crippen LogP contribution in [0.15, 0.2) is 40.3 Å². The molecule has 24 heavy (non-hydrogen) atoms. The van der Waals surface area contributed by atoms with Crippen LogP contribution in [0.3, 0.4) is 0 Å². The standard InChI is InChI=1S/C18H22N4OS/c1-11(2)16-20-17(23-21-16)14(5)24-18-19-8-9-22(18)15-7-6-12(3)13(4)10-15/h6-11,14H,1-5H3/t14-/m0/s1. The second kappa shape index (κ2) is 6.81. The van der Waals surface area contributed by atoms with E-state index in [-0.39, 0.29) is 11.2 Å². The number of hydrogen-bond acceptors (Lipinski definition) is 5. The molecule has 0 saturated carbocycles. The van der Waals surface area contributed by atoms with Gasteiger partial charge in [0, 0.05) is 24.0 Å². The minimum absolute atomic E-state index is 0.0395. The number of rotatable bonds is 5. The Hall–Kier alpha value is -2.08. The molecule has 2 heterocycles. The van der Waals surface area contributed by atoms with Gasteiger partial charge < -0.3 is 4.52 Å². The van der Waals surface area contributed by atoms with Gasteiger partial charge in [0.2, 0.25) is 5.89 Å². The van der Waals surface area contributed by atoms with Crippen LogP contribution in [-0.4, -0.2) is 19.7 Å². The van der Waals surface area contributed by atoms with Gasteiger partial charge in [0.05, 0.1) is 5.25 Å². The van der Waals surface area contributed by atoms with Gasteiger partial charge in [-0.15, -0.1) is 0 Å². The molecule has 1 atom stereocenters. The summed E-state index contributed by atoms with van der Waals surface area (Å²) in [5.74, 6) is 1.64. The summed E-state index contributed by atoms with van der Waals surface area (Å²) in [6.45, 7) is 10.4.